The van der Waals surface area contributed by atoms with Crippen molar-refractivity contribution in [1.29, 1.82) is 0 Å². The van der Waals surface area contributed by atoms with Crippen molar-refractivity contribution in [2.75, 3.05) is 20.1 Å². The van der Waals surface area contributed by atoms with Crippen LogP contribution in [0.1, 0.15) is 32.6 Å². The van der Waals surface area contributed by atoms with Gasteiger partial charge in [0.05, 0.1) is 6.20 Å². The van der Waals surface area contributed by atoms with Gasteiger partial charge in [0.1, 0.15) is 4.90 Å². The minimum atomic E-state index is -3.38. The standard InChI is InChI=1S/C13H24N4O2S/c1-3-14-8-5-9-17-11-13(10-15-17)20(18,19)16(2)12-6-4-7-12/h10-12,14H,3-9H2,1-2H3. The van der Waals surface area contributed by atoms with E-state index in [1.165, 1.54) is 10.5 Å². The van der Waals surface area contributed by atoms with E-state index in [0.717, 1.165) is 45.3 Å². The summed E-state index contributed by atoms with van der Waals surface area (Å²) in [5, 5.41) is 7.39. The van der Waals surface area contributed by atoms with E-state index >= 15 is 0 Å². The molecule has 1 aromatic rings. The van der Waals surface area contributed by atoms with Gasteiger partial charge in [0.2, 0.25) is 10.0 Å². The average molecular weight is 300 g/mol. The van der Waals surface area contributed by atoms with Gasteiger partial charge >= 0.3 is 0 Å². The van der Waals surface area contributed by atoms with E-state index in [9.17, 15) is 8.42 Å². The second kappa shape index (κ2) is 6.69. The molecule has 0 atom stereocenters. The monoisotopic (exact) mass is 300 g/mol. The molecule has 1 fully saturated rings. The summed E-state index contributed by atoms with van der Waals surface area (Å²) >= 11 is 0. The van der Waals surface area contributed by atoms with Gasteiger partial charge in [0.15, 0.2) is 0 Å². The van der Waals surface area contributed by atoms with Crippen LogP contribution in [0.3, 0.4) is 0 Å². The highest BCUT2D eigenvalue weighted by molar-refractivity contribution is 7.89. The summed E-state index contributed by atoms with van der Waals surface area (Å²) in [6.07, 6.45) is 7.08. The highest BCUT2D eigenvalue weighted by Gasteiger charge is 2.32. The fourth-order valence-electron chi connectivity index (χ4n) is 2.26. The fourth-order valence-corrected chi connectivity index (χ4v) is 3.63. The van der Waals surface area contributed by atoms with E-state index < -0.39 is 10.0 Å². The zero-order valence-corrected chi connectivity index (χ0v) is 13.1. The maximum atomic E-state index is 12.4. The van der Waals surface area contributed by atoms with Crippen molar-refractivity contribution < 1.29 is 8.42 Å². The van der Waals surface area contributed by atoms with Crippen molar-refractivity contribution in [3.63, 3.8) is 0 Å². The van der Waals surface area contributed by atoms with Crippen molar-refractivity contribution in [3.8, 4) is 0 Å². The SMILES string of the molecule is CCNCCCn1cc(S(=O)(=O)N(C)C2CCC2)cn1. The molecule has 0 aliphatic heterocycles. The second-order valence-electron chi connectivity index (χ2n) is 5.25. The third kappa shape index (κ3) is 3.39. The molecule has 2 rings (SSSR count). The number of hydrogen-bond acceptors (Lipinski definition) is 4. The second-order valence-corrected chi connectivity index (χ2v) is 7.25. The Morgan fingerprint density at radius 3 is 2.85 bits per heavy atom. The molecule has 20 heavy (non-hydrogen) atoms. The van der Waals surface area contributed by atoms with Crippen LogP contribution in [-0.2, 0) is 16.6 Å². The van der Waals surface area contributed by atoms with Gasteiger partial charge in [0.25, 0.3) is 0 Å². The first-order chi connectivity index (χ1) is 9.55. The van der Waals surface area contributed by atoms with E-state index in [0.29, 0.717) is 4.90 Å². The Morgan fingerprint density at radius 2 is 2.25 bits per heavy atom. The Labute approximate surface area is 121 Å². The molecule has 0 unspecified atom stereocenters. The Bertz CT molecular complexity index is 522. The van der Waals surface area contributed by atoms with Crippen LogP contribution in [0, 0.1) is 0 Å². The largest absolute Gasteiger partial charge is 0.317 e. The van der Waals surface area contributed by atoms with Gasteiger partial charge in [-0.3, -0.25) is 4.68 Å². The summed E-state index contributed by atoms with van der Waals surface area (Å²) in [5.41, 5.74) is 0. The summed E-state index contributed by atoms with van der Waals surface area (Å²) in [6.45, 7) is 4.66. The average Bonchev–Trinajstić information content (AvgIpc) is 2.82. The topological polar surface area (TPSA) is 67.2 Å². The molecule has 1 aliphatic rings. The Morgan fingerprint density at radius 1 is 1.50 bits per heavy atom. The molecule has 1 aromatic heterocycles. The van der Waals surface area contributed by atoms with Crippen LogP contribution in [-0.4, -0.2) is 48.7 Å². The van der Waals surface area contributed by atoms with Gasteiger partial charge in [-0.2, -0.15) is 9.40 Å². The minimum absolute atomic E-state index is 0.164. The Kier molecular flexibility index (Phi) is 5.17. The lowest BCUT2D eigenvalue weighted by Gasteiger charge is -2.33. The van der Waals surface area contributed by atoms with Crippen LogP contribution in [0.25, 0.3) is 0 Å². The Hall–Kier alpha value is -0.920. The first-order valence-corrected chi connectivity index (χ1v) is 8.71. The van der Waals surface area contributed by atoms with Gasteiger partial charge in [-0.1, -0.05) is 13.3 Å². The number of sulfonamides is 1. The van der Waals surface area contributed by atoms with Crippen LogP contribution in [0.15, 0.2) is 17.3 Å². The lowest BCUT2D eigenvalue weighted by atomic mass is 9.94. The van der Waals surface area contributed by atoms with Crippen molar-refractivity contribution in [2.24, 2.45) is 0 Å². The summed E-state index contributed by atoms with van der Waals surface area (Å²) in [5.74, 6) is 0. The Balaban J connectivity index is 1.96. The lowest BCUT2D eigenvalue weighted by molar-refractivity contribution is 0.249. The molecule has 0 aromatic carbocycles. The van der Waals surface area contributed by atoms with E-state index in [1.807, 2.05) is 0 Å². The van der Waals surface area contributed by atoms with Crippen LogP contribution < -0.4 is 5.32 Å². The predicted molar refractivity (Wildman–Crippen MR) is 78.0 cm³/mol. The van der Waals surface area contributed by atoms with Crippen molar-refractivity contribution in [3.05, 3.63) is 12.4 Å². The van der Waals surface area contributed by atoms with Crippen LogP contribution in [0.4, 0.5) is 0 Å². The molecule has 1 aliphatic carbocycles. The van der Waals surface area contributed by atoms with E-state index in [2.05, 4.69) is 17.3 Å². The van der Waals surface area contributed by atoms with E-state index in [4.69, 9.17) is 0 Å². The first-order valence-electron chi connectivity index (χ1n) is 7.27. The highest BCUT2D eigenvalue weighted by atomic mass is 32.2. The number of aromatic nitrogens is 2. The number of nitrogens with one attached hydrogen (secondary N) is 1. The zero-order valence-electron chi connectivity index (χ0n) is 12.2. The van der Waals surface area contributed by atoms with E-state index in [-0.39, 0.29) is 6.04 Å². The van der Waals surface area contributed by atoms with Crippen LogP contribution in [0.5, 0.6) is 0 Å². The van der Waals surface area contributed by atoms with Gasteiger partial charge in [0, 0.05) is 25.8 Å². The molecule has 1 saturated carbocycles. The molecule has 114 valence electrons. The van der Waals surface area contributed by atoms with Crippen molar-refractivity contribution in [2.45, 2.75) is 50.1 Å². The molecule has 0 bridgehead atoms. The van der Waals surface area contributed by atoms with Gasteiger partial charge in [-0.25, -0.2) is 8.42 Å². The van der Waals surface area contributed by atoms with Gasteiger partial charge in [-0.15, -0.1) is 0 Å². The molecule has 7 heteroatoms. The van der Waals surface area contributed by atoms with Crippen molar-refractivity contribution in [1.82, 2.24) is 19.4 Å². The van der Waals surface area contributed by atoms with Gasteiger partial charge < -0.3 is 5.32 Å². The molecule has 0 amide bonds. The molecule has 1 N–H and O–H groups in total. The summed E-state index contributed by atoms with van der Waals surface area (Å²) in [4.78, 5) is 0.301. The molecule has 0 spiro atoms. The van der Waals surface area contributed by atoms with Crippen molar-refractivity contribution >= 4 is 10.0 Å². The normalized spacial score (nSPS) is 16.6. The predicted octanol–water partition coefficient (Wildman–Crippen LogP) is 1.06. The summed E-state index contributed by atoms with van der Waals surface area (Å²) in [6, 6.07) is 0.164. The smallest absolute Gasteiger partial charge is 0.246 e. The molecule has 6 nitrogen and oxygen atoms in total. The van der Waals surface area contributed by atoms with E-state index in [1.54, 1.807) is 17.9 Å². The van der Waals surface area contributed by atoms with Crippen LogP contribution >= 0.6 is 0 Å². The third-order valence-electron chi connectivity index (χ3n) is 3.87. The highest BCUT2D eigenvalue weighted by Crippen LogP contribution is 2.28. The van der Waals surface area contributed by atoms with Gasteiger partial charge in [-0.05, 0) is 32.4 Å². The zero-order chi connectivity index (χ0) is 14.6. The number of aryl methyl sites for hydroxylation is 1. The third-order valence-corrected chi connectivity index (χ3v) is 5.73. The molecule has 1 heterocycles. The number of nitrogens with zero attached hydrogens (tertiary/aromatic N) is 3. The quantitative estimate of drug-likeness (QED) is 0.729. The molecular formula is C13H24N4O2S. The summed E-state index contributed by atoms with van der Waals surface area (Å²) < 4.78 is 28.0. The summed E-state index contributed by atoms with van der Waals surface area (Å²) in [7, 11) is -1.71. The maximum absolute atomic E-state index is 12.4. The number of rotatable bonds is 8. The van der Waals surface area contributed by atoms with Crippen LogP contribution in [0.2, 0.25) is 0 Å². The first kappa shape index (κ1) is 15.5. The maximum Gasteiger partial charge on any atom is 0.246 e. The fraction of sp³-hybridized carbons (Fsp3) is 0.769. The minimum Gasteiger partial charge on any atom is -0.317 e. The molecule has 0 radical (unpaired) electrons. The molecule has 0 saturated heterocycles. The molecular weight excluding hydrogens is 276 g/mol. The number of hydrogen-bond donors (Lipinski definition) is 1. The lowest BCUT2D eigenvalue weighted by Crippen LogP contribution is -2.41.